The van der Waals surface area contributed by atoms with Gasteiger partial charge in [-0.05, 0) is 31.2 Å². The van der Waals surface area contributed by atoms with E-state index in [1.165, 1.54) is 4.90 Å². The predicted molar refractivity (Wildman–Crippen MR) is 82.2 cm³/mol. The van der Waals surface area contributed by atoms with Crippen LogP contribution in [0.2, 0.25) is 0 Å². The van der Waals surface area contributed by atoms with Crippen molar-refractivity contribution in [2.75, 3.05) is 33.4 Å². The summed E-state index contributed by atoms with van der Waals surface area (Å²) >= 11 is 0. The molecule has 1 aliphatic heterocycles. The second kappa shape index (κ2) is 7.94. The summed E-state index contributed by atoms with van der Waals surface area (Å²) in [7, 11) is 1.61. The highest BCUT2D eigenvalue weighted by atomic mass is 16.5. The first kappa shape index (κ1) is 16.5. The van der Waals surface area contributed by atoms with Crippen molar-refractivity contribution in [3.05, 3.63) is 29.8 Å². The van der Waals surface area contributed by atoms with E-state index in [0.29, 0.717) is 18.7 Å². The van der Waals surface area contributed by atoms with Crippen molar-refractivity contribution in [3.63, 3.8) is 0 Å². The Kier molecular flexibility index (Phi) is 5.95. The minimum atomic E-state index is -0.0944. The number of quaternary nitrogens is 1. The largest absolute Gasteiger partial charge is 0.497 e. The van der Waals surface area contributed by atoms with Gasteiger partial charge in [0.2, 0.25) is 5.78 Å². The van der Waals surface area contributed by atoms with E-state index in [1.54, 1.807) is 31.4 Å². The highest BCUT2D eigenvalue weighted by Gasteiger charge is 2.29. The van der Waals surface area contributed by atoms with Crippen molar-refractivity contribution in [3.8, 4) is 5.75 Å². The third-order valence-corrected chi connectivity index (χ3v) is 4.14. The molecule has 0 saturated carbocycles. The van der Waals surface area contributed by atoms with Crippen molar-refractivity contribution in [2.45, 2.75) is 19.8 Å². The maximum atomic E-state index is 12.3. The summed E-state index contributed by atoms with van der Waals surface area (Å²) in [5.41, 5.74) is 0.709. The number of Topliss-reactive ketones (excluding diaryl/α,β-unsaturated/α-hetero) is 1. The fourth-order valence-electron chi connectivity index (χ4n) is 2.80. The van der Waals surface area contributed by atoms with Crippen LogP contribution in [0.15, 0.2) is 24.3 Å². The van der Waals surface area contributed by atoms with Gasteiger partial charge in [0, 0.05) is 18.4 Å². The van der Waals surface area contributed by atoms with Crippen molar-refractivity contribution in [2.24, 2.45) is 5.92 Å². The Morgan fingerprint density at radius 3 is 2.36 bits per heavy atom. The van der Waals surface area contributed by atoms with E-state index in [-0.39, 0.29) is 17.7 Å². The van der Waals surface area contributed by atoms with Crippen LogP contribution >= 0.6 is 0 Å². The Bertz CT molecular complexity index is 504. The van der Waals surface area contributed by atoms with Crippen LogP contribution < -0.4 is 9.64 Å². The van der Waals surface area contributed by atoms with Crippen LogP contribution in [0.3, 0.4) is 0 Å². The SMILES string of the molecule is CCOC(=O)C1CC[NH+](CC(=O)c2ccc(OC)cc2)CC1. The van der Waals surface area contributed by atoms with Crippen LogP contribution in [0.25, 0.3) is 0 Å². The molecule has 5 heteroatoms. The third kappa shape index (κ3) is 4.31. The summed E-state index contributed by atoms with van der Waals surface area (Å²) in [6, 6.07) is 7.20. The summed E-state index contributed by atoms with van der Waals surface area (Å²) in [5.74, 6) is 0.786. The minimum Gasteiger partial charge on any atom is -0.497 e. The standard InChI is InChI=1S/C17H23NO4/c1-3-22-17(20)14-8-10-18(11-9-14)12-16(19)13-4-6-15(21-2)7-5-13/h4-7,14H,3,8-12H2,1-2H3/p+1. The first-order valence-electron chi connectivity index (χ1n) is 7.81. The molecule has 1 saturated heterocycles. The Morgan fingerprint density at radius 2 is 1.82 bits per heavy atom. The monoisotopic (exact) mass is 306 g/mol. The van der Waals surface area contributed by atoms with Gasteiger partial charge in [-0.15, -0.1) is 0 Å². The molecule has 1 aliphatic rings. The van der Waals surface area contributed by atoms with Crippen molar-refractivity contribution in [1.82, 2.24) is 0 Å². The molecule has 0 bridgehead atoms. The summed E-state index contributed by atoms with van der Waals surface area (Å²) < 4.78 is 10.2. The maximum Gasteiger partial charge on any atom is 0.309 e. The highest BCUT2D eigenvalue weighted by Crippen LogP contribution is 2.13. The molecule has 0 radical (unpaired) electrons. The second-order valence-corrected chi connectivity index (χ2v) is 5.60. The molecule has 0 spiro atoms. The molecule has 0 aliphatic carbocycles. The van der Waals surface area contributed by atoms with Crippen molar-refractivity contribution >= 4 is 11.8 Å². The summed E-state index contributed by atoms with van der Waals surface area (Å²) in [4.78, 5) is 25.2. The number of carbonyl (C=O) groups excluding carboxylic acids is 2. The molecular weight excluding hydrogens is 282 g/mol. The quantitative estimate of drug-likeness (QED) is 0.622. The predicted octanol–water partition coefficient (Wildman–Crippen LogP) is 0.736. The van der Waals surface area contributed by atoms with Gasteiger partial charge in [0.1, 0.15) is 12.3 Å². The van der Waals surface area contributed by atoms with Gasteiger partial charge in [-0.25, -0.2) is 0 Å². The van der Waals surface area contributed by atoms with Crippen LogP contribution in [0, 0.1) is 5.92 Å². The third-order valence-electron chi connectivity index (χ3n) is 4.14. The van der Waals surface area contributed by atoms with E-state index in [0.717, 1.165) is 31.7 Å². The number of esters is 1. The number of carbonyl (C=O) groups is 2. The number of hydrogen-bond donors (Lipinski definition) is 1. The Morgan fingerprint density at radius 1 is 1.18 bits per heavy atom. The minimum absolute atomic E-state index is 0.000196. The molecule has 1 fully saturated rings. The lowest BCUT2D eigenvalue weighted by Gasteiger charge is -2.27. The van der Waals surface area contributed by atoms with Crippen molar-refractivity contribution < 1.29 is 24.0 Å². The molecule has 5 nitrogen and oxygen atoms in total. The van der Waals surface area contributed by atoms with Gasteiger partial charge >= 0.3 is 5.97 Å². The Hall–Kier alpha value is -1.88. The fraction of sp³-hybridized carbons (Fsp3) is 0.529. The van der Waals surface area contributed by atoms with E-state index < -0.39 is 0 Å². The van der Waals surface area contributed by atoms with Gasteiger partial charge < -0.3 is 14.4 Å². The summed E-state index contributed by atoms with van der Waals surface area (Å²) in [6.07, 6.45) is 1.59. The molecule has 22 heavy (non-hydrogen) atoms. The number of piperidine rings is 1. The molecule has 2 rings (SSSR count). The highest BCUT2D eigenvalue weighted by molar-refractivity contribution is 5.96. The lowest BCUT2D eigenvalue weighted by Crippen LogP contribution is -3.14. The lowest BCUT2D eigenvalue weighted by molar-refractivity contribution is -0.897. The van der Waals surface area contributed by atoms with Crippen LogP contribution in [-0.4, -0.2) is 45.1 Å². The number of rotatable bonds is 6. The zero-order chi connectivity index (χ0) is 15.9. The first-order chi connectivity index (χ1) is 10.6. The van der Waals surface area contributed by atoms with Gasteiger partial charge in [-0.1, -0.05) is 0 Å². The number of nitrogens with one attached hydrogen (secondary N) is 1. The average Bonchev–Trinajstić information content (AvgIpc) is 2.55. The average molecular weight is 306 g/mol. The maximum absolute atomic E-state index is 12.3. The lowest BCUT2D eigenvalue weighted by atomic mass is 9.96. The molecule has 0 atom stereocenters. The molecule has 0 amide bonds. The number of benzene rings is 1. The van der Waals surface area contributed by atoms with E-state index >= 15 is 0 Å². The topological polar surface area (TPSA) is 57.0 Å². The molecule has 120 valence electrons. The zero-order valence-electron chi connectivity index (χ0n) is 13.3. The summed E-state index contributed by atoms with van der Waals surface area (Å²) in [5, 5.41) is 0. The van der Waals surface area contributed by atoms with Gasteiger partial charge in [0.25, 0.3) is 0 Å². The van der Waals surface area contributed by atoms with Crippen LogP contribution in [0.5, 0.6) is 5.75 Å². The van der Waals surface area contributed by atoms with Gasteiger partial charge in [-0.3, -0.25) is 9.59 Å². The fourth-order valence-corrected chi connectivity index (χ4v) is 2.80. The molecule has 1 aromatic carbocycles. The van der Waals surface area contributed by atoms with E-state index in [9.17, 15) is 9.59 Å². The number of hydrogen-bond acceptors (Lipinski definition) is 4. The Labute approximate surface area is 131 Å². The molecule has 0 unspecified atom stereocenters. The van der Waals surface area contributed by atoms with Gasteiger partial charge in [0.05, 0.1) is 32.7 Å². The van der Waals surface area contributed by atoms with Gasteiger partial charge in [-0.2, -0.15) is 0 Å². The smallest absolute Gasteiger partial charge is 0.309 e. The number of likely N-dealkylation sites (tertiary alicyclic amines) is 1. The molecule has 1 aromatic rings. The number of methoxy groups -OCH3 is 1. The summed E-state index contributed by atoms with van der Waals surface area (Å²) in [6.45, 7) is 4.41. The van der Waals surface area contributed by atoms with Crippen LogP contribution in [-0.2, 0) is 9.53 Å². The van der Waals surface area contributed by atoms with E-state index in [4.69, 9.17) is 9.47 Å². The van der Waals surface area contributed by atoms with Crippen LogP contribution in [0.4, 0.5) is 0 Å². The number of ether oxygens (including phenoxy) is 2. The molecular formula is C17H24NO4+. The van der Waals surface area contributed by atoms with Gasteiger partial charge in [0.15, 0.2) is 0 Å². The van der Waals surface area contributed by atoms with E-state index in [2.05, 4.69) is 0 Å². The molecule has 0 aromatic heterocycles. The second-order valence-electron chi connectivity index (χ2n) is 5.60. The molecule has 1 N–H and O–H groups in total. The Balaban J connectivity index is 1.82. The van der Waals surface area contributed by atoms with Crippen LogP contribution in [0.1, 0.15) is 30.1 Å². The molecule has 1 heterocycles. The first-order valence-corrected chi connectivity index (χ1v) is 7.81. The zero-order valence-corrected chi connectivity index (χ0v) is 13.3. The van der Waals surface area contributed by atoms with E-state index in [1.807, 2.05) is 6.92 Å². The number of ketones is 1. The normalized spacial score (nSPS) is 21.2. The van der Waals surface area contributed by atoms with Crippen molar-refractivity contribution in [1.29, 1.82) is 0 Å².